The van der Waals surface area contributed by atoms with Crippen LogP contribution in [0.3, 0.4) is 0 Å². The number of anilines is 1. The first-order valence-electron chi connectivity index (χ1n) is 6.43. The smallest absolute Gasteiger partial charge is 0.116 e. The van der Waals surface area contributed by atoms with Crippen LogP contribution in [0.15, 0.2) is 48.5 Å². The molecular formula is C16H17NO. The van der Waals surface area contributed by atoms with E-state index >= 15 is 0 Å². The summed E-state index contributed by atoms with van der Waals surface area (Å²) >= 11 is 0. The molecule has 0 amide bonds. The van der Waals surface area contributed by atoms with Gasteiger partial charge in [-0.2, -0.15) is 0 Å². The van der Waals surface area contributed by atoms with E-state index in [4.69, 9.17) is 0 Å². The Kier molecular flexibility index (Phi) is 2.93. The summed E-state index contributed by atoms with van der Waals surface area (Å²) in [7, 11) is 0. The molecule has 0 fully saturated rings. The molecule has 0 saturated carbocycles. The zero-order chi connectivity index (χ0) is 12.4. The molecule has 1 aliphatic rings. The second kappa shape index (κ2) is 4.73. The summed E-state index contributed by atoms with van der Waals surface area (Å²) in [5.74, 6) is 0.870. The maximum atomic E-state index is 9.57. The fraction of sp³-hybridized carbons (Fsp3) is 0.250. The molecule has 18 heavy (non-hydrogen) atoms. The highest BCUT2D eigenvalue weighted by molar-refractivity contribution is 5.59. The highest BCUT2D eigenvalue weighted by Crippen LogP contribution is 2.36. The fourth-order valence-electron chi connectivity index (χ4n) is 2.64. The average Bonchev–Trinajstić information content (AvgIpc) is 2.80. The lowest BCUT2D eigenvalue weighted by molar-refractivity contribution is 0.474. The van der Waals surface area contributed by atoms with Crippen molar-refractivity contribution in [3.8, 4) is 5.75 Å². The van der Waals surface area contributed by atoms with Gasteiger partial charge in [-0.1, -0.05) is 30.3 Å². The number of phenols is 1. The molecule has 3 rings (SSSR count). The third kappa shape index (κ3) is 2.19. The standard InChI is InChI=1S/C16H17NO/c18-14-8-9-16-15(10-14)13(11-17-16)7-6-12-4-2-1-3-5-12/h1-5,8-10,13,17-18H,6-7,11H2. The van der Waals surface area contributed by atoms with Crippen LogP contribution in [-0.2, 0) is 6.42 Å². The van der Waals surface area contributed by atoms with Crippen molar-refractivity contribution >= 4 is 5.69 Å². The largest absolute Gasteiger partial charge is 0.508 e. The van der Waals surface area contributed by atoms with E-state index in [9.17, 15) is 5.11 Å². The molecule has 1 aliphatic heterocycles. The van der Waals surface area contributed by atoms with Crippen LogP contribution in [0.25, 0.3) is 0 Å². The Labute approximate surface area is 107 Å². The molecule has 1 unspecified atom stereocenters. The first-order valence-corrected chi connectivity index (χ1v) is 6.43. The van der Waals surface area contributed by atoms with Gasteiger partial charge in [0, 0.05) is 18.2 Å². The fourth-order valence-corrected chi connectivity index (χ4v) is 2.64. The SMILES string of the molecule is Oc1ccc2c(c1)C(CCc1ccccc1)CN2. The first-order chi connectivity index (χ1) is 8.83. The first kappa shape index (κ1) is 11.1. The van der Waals surface area contributed by atoms with Crippen molar-refractivity contribution in [1.29, 1.82) is 0 Å². The van der Waals surface area contributed by atoms with E-state index < -0.39 is 0 Å². The van der Waals surface area contributed by atoms with Gasteiger partial charge >= 0.3 is 0 Å². The normalized spacial score (nSPS) is 17.2. The zero-order valence-corrected chi connectivity index (χ0v) is 10.3. The summed E-state index contributed by atoms with van der Waals surface area (Å²) < 4.78 is 0. The predicted octanol–water partition coefficient (Wildman–Crippen LogP) is 3.53. The number of hydrogen-bond acceptors (Lipinski definition) is 2. The minimum atomic E-state index is 0.363. The van der Waals surface area contributed by atoms with Gasteiger partial charge in [-0.15, -0.1) is 0 Å². The molecule has 0 aliphatic carbocycles. The molecule has 2 heteroatoms. The van der Waals surface area contributed by atoms with Gasteiger partial charge in [-0.25, -0.2) is 0 Å². The third-order valence-corrected chi connectivity index (χ3v) is 3.64. The number of nitrogens with one attached hydrogen (secondary N) is 1. The molecule has 0 aromatic heterocycles. The van der Waals surface area contributed by atoms with Gasteiger partial charge in [-0.05, 0) is 42.2 Å². The van der Waals surface area contributed by atoms with E-state index in [1.807, 2.05) is 18.2 Å². The van der Waals surface area contributed by atoms with Crippen LogP contribution >= 0.6 is 0 Å². The van der Waals surface area contributed by atoms with E-state index in [2.05, 4.69) is 29.6 Å². The van der Waals surface area contributed by atoms with Gasteiger partial charge in [0.25, 0.3) is 0 Å². The second-order valence-electron chi connectivity index (χ2n) is 4.87. The summed E-state index contributed by atoms with van der Waals surface area (Å²) in [6, 6.07) is 16.2. The number of benzene rings is 2. The molecule has 0 spiro atoms. The Morgan fingerprint density at radius 1 is 1.11 bits per heavy atom. The van der Waals surface area contributed by atoms with Crippen LogP contribution in [-0.4, -0.2) is 11.7 Å². The van der Waals surface area contributed by atoms with Crippen molar-refractivity contribution in [1.82, 2.24) is 0 Å². The average molecular weight is 239 g/mol. The van der Waals surface area contributed by atoms with Crippen molar-refractivity contribution < 1.29 is 5.11 Å². The molecule has 92 valence electrons. The zero-order valence-electron chi connectivity index (χ0n) is 10.3. The lowest BCUT2D eigenvalue weighted by atomic mass is 9.94. The van der Waals surface area contributed by atoms with Crippen LogP contribution in [0.4, 0.5) is 5.69 Å². The monoisotopic (exact) mass is 239 g/mol. The Morgan fingerprint density at radius 2 is 1.94 bits per heavy atom. The van der Waals surface area contributed by atoms with Crippen molar-refractivity contribution in [3.63, 3.8) is 0 Å². The minimum Gasteiger partial charge on any atom is -0.508 e. The van der Waals surface area contributed by atoms with Gasteiger partial charge in [0.2, 0.25) is 0 Å². The number of hydrogen-bond donors (Lipinski definition) is 2. The van der Waals surface area contributed by atoms with Crippen LogP contribution in [0.1, 0.15) is 23.5 Å². The topological polar surface area (TPSA) is 32.3 Å². The summed E-state index contributed by atoms with van der Waals surface area (Å²) in [4.78, 5) is 0. The molecule has 0 bridgehead atoms. The van der Waals surface area contributed by atoms with E-state index in [1.165, 1.54) is 16.8 Å². The van der Waals surface area contributed by atoms with Gasteiger partial charge in [0.05, 0.1) is 0 Å². The molecule has 2 aromatic carbocycles. The molecule has 0 saturated heterocycles. The van der Waals surface area contributed by atoms with Gasteiger partial charge in [0.15, 0.2) is 0 Å². The highest BCUT2D eigenvalue weighted by Gasteiger charge is 2.21. The van der Waals surface area contributed by atoms with Crippen molar-refractivity contribution in [2.24, 2.45) is 0 Å². The summed E-state index contributed by atoms with van der Waals surface area (Å²) in [6.45, 7) is 0.978. The third-order valence-electron chi connectivity index (χ3n) is 3.64. The van der Waals surface area contributed by atoms with Crippen molar-refractivity contribution in [3.05, 3.63) is 59.7 Å². The summed E-state index contributed by atoms with van der Waals surface area (Å²) in [5, 5.41) is 13.0. The number of fused-ring (bicyclic) bond motifs is 1. The quantitative estimate of drug-likeness (QED) is 0.803. The summed E-state index contributed by atoms with van der Waals surface area (Å²) in [5.41, 5.74) is 3.81. The van der Waals surface area contributed by atoms with Crippen molar-refractivity contribution in [2.45, 2.75) is 18.8 Å². The number of phenolic OH excluding ortho intramolecular Hbond substituents is 1. The van der Waals surface area contributed by atoms with Crippen molar-refractivity contribution in [2.75, 3.05) is 11.9 Å². The Hall–Kier alpha value is -1.96. The predicted molar refractivity (Wildman–Crippen MR) is 74.1 cm³/mol. The van der Waals surface area contributed by atoms with Crippen LogP contribution < -0.4 is 5.32 Å². The van der Waals surface area contributed by atoms with Crippen LogP contribution in [0.2, 0.25) is 0 Å². The van der Waals surface area contributed by atoms with E-state index in [-0.39, 0.29) is 0 Å². The van der Waals surface area contributed by atoms with E-state index in [0.717, 1.165) is 19.4 Å². The number of rotatable bonds is 3. The highest BCUT2D eigenvalue weighted by atomic mass is 16.3. The Balaban J connectivity index is 1.71. The molecule has 0 radical (unpaired) electrons. The Morgan fingerprint density at radius 3 is 2.78 bits per heavy atom. The lowest BCUT2D eigenvalue weighted by Gasteiger charge is -2.10. The maximum absolute atomic E-state index is 9.57. The molecule has 2 aromatic rings. The minimum absolute atomic E-state index is 0.363. The van der Waals surface area contributed by atoms with E-state index in [0.29, 0.717) is 11.7 Å². The number of aryl methyl sites for hydroxylation is 1. The van der Waals surface area contributed by atoms with E-state index in [1.54, 1.807) is 6.07 Å². The maximum Gasteiger partial charge on any atom is 0.116 e. The molecular weight excluding hydrogens is 222 g/mol. The van der Waals surface area contributed by atoms with Gasteiger partial charge in [-0.3, -0.25) is 0 Å². The lowest BCUT2D eigenvalue weighted by Crippen LogP contribution is -2.03. The Bertz CT molecular complexity index is 536. The van der Waals surface area contributed by atoms with Crippen LogP contribution in [0, 0.1) is 0 Å². The summed E-state index contributed by atoms with van der Waals surface area (Å²) in [6.07, 6.45) is 2.20. The molecule has 1 atom stereocenters. The second-order valence-corrected chi connectivity index (χ2v) is 4.87. The molecule has 2 nitrogen and oxygen atoms in total. The molecule has 1 heterocycles. The number of aromatic hydroxyl groups is 1. The molecule has 2 N–H and O–H groups in total. The van der Waals surface area contributed by atoms with Gasteiger partial charge < -0.3 is 10.4 Å². The van der Waals surface area contributed by atoms with Gasteiger partial charge in [0.1, 0.15) is 5.75 Å². The van der Waals surface area contributed by atoms with Crippen LogP contribution in [0.5, 0.6) is 5.75 Å².